The van der Waals surface area contributed by atoms with Gasteiger partial charge in [-0.15, -0.1) is 0 Å². The van der Waals surface area contributed by atoms with Crippen LogP contribution in [0.25, 0.3) is 0 Å². The van der Waals surface area contributed by atoms with Crippen LogP contribution in [-0.4, -0.2) is 19.2 Å². The average molecular weight is 317 g/mol. The summed E-state index contributed by atoms with van der Waals surface area (Å²) in [5.41, 5.74) is 3.71. The Morgan fingerprint density at radius 3 is 2.82 bits per heavy atom. The maximum Gasteiger partial charge on any atom is 0.326 e. The zero-order chi connectivity index (χ0) is 15.7. The lowest BCUT2D eigenvalue weighted by atomic mass is 10.1. The molecule has 1 heterocycles. The van der Waals surface area contributed by atoms with Gasteiger partial charge in [0.15, 0.2) is 0 Å². The molecule has 0 spiro atoms. The number of fused-ring (bicyclic) bond motifs is 1. The van der Waals surface area contributed by atoms with Crippen LogP contribution in [0.3, 0.4) is 0 Å². The molecule has 0 radical (unpaired) electrons. The van der Waals surface area contributed by atoms with Crippen LogP contribution in [0, 0.1) is 13.8 Å². The second-order valence-electron chi connectivity index (χ2n) is 5.36. The highest BCUT2D eigenvalue weighted by atomic mass is 35.5. The Kier molecular flexibility index (Phi) is 3.94. The van der Waals surface area contributed by atoms with E-state index in [1.807, 2.05) is 32.0 Å². The molecule has 1 aliphatic rings. The fourth-order valence-electron chi connectivity index (χ4n) is 2.54. The lowest BCUT2D eigenvalue weighted by molar-refractivity contribution is 0.250. The third-order valence-corrected chi connectivity index (χ3v) is 3.89. The van der Waals surface area contributed by atoms with E-state index in [2.05, 4.69) is 5.32 Å². The van der Waals surface area contributed by atoms with Crippen molar-refractivity contribution in [3.8, 4) is 5.75 Å². The first-order valence-electron chi connectivity index (χ1n) is 7.13. The van der Waals surface area contributed by atoms with Crippen molar-refractivity contribution in [1.82, 2.24) is 0 Å². The van der Waals surface area contributed by atoms with E-state index in [0.717, 1.165) is 11.3 Å². The highest BCUT2D eigenvalue weighted by molar-refractivity contribution is 6.31. The van der Waals surface area contributed by atoms with E-state index in [1.54, 1.807) is 23.1 Å². The molecule has 0 bridgehead atoms. The van der Waals surface area contributed by atoms with Gasteiger partial charge in [0.2, 0.25) is 0 Å². The Balaban J connectivity index is 1.86. The van der Waals surface area contributed by atoms with Crippen LogP contribution in [0.5, 0.6) is 5.75 Å². The Hall–Kier alpha value is -2.20. The second-order valence-corrected chi connectivity index (χ2v) is 5.80. The molecule has 0 aliphatic carbocycles. The maximum absolute atomic E-state index is 12.6. The molecule has 5 heteroatoms. The first-order valence-corrected chi connectivity index (χ1v) is 7.50. The quantitative estimate of drug-likeness (QED) is 0.848. The maximum atomic E-state index is 12.6. The zero-order valence-electron chi connectivity index (χ0n) is 12.5. The lowest BCUT2D eigenvalue weighted by Crippen LogP contribution is -2.40. The van der Waals surface area contributed by atoms with Crippen molar-refractivity contribution in [2.24, 2.45) is 0 Å². The molecule has 2 aromatic carbocycles. The summed E-state index contributed by atoms with van der Waals surface area (Å²) in [6.07, 6.45) is 0. The topological polar surface area (TPSA) is 41.6 Å². The fraction of sp³-hybridized carbons (Fsp3) is 0.235. The Labute approximate surface area is 134 Å². The molecule has 2 aromatic rings. The number of carbonyl (C=O) groups is 1. The number of halogens is 1. The van der Waals surface area contributed by atoms with Crippen LogP contribution in [0.15, 0.2) is 36.4 Å². The Bertz CT molecular complexity index is 731. The first-order chi connectivity index (χ1) is 10.5. The largest absolute Gasteiger partial charge is 0.490 e. The van der Waals surface area contributed by atoms with Crippen molar-refractivity contribution in [1.29, 1.82) is 0 Å². The van der Waals surface area contributed by atoms with E-state index in [1.165, 1.54) is 5.56 Å². The van der Waals surface area contributed by atoms with Crippen LogP contribution in [0.4, 0.5) is 16.2 Å². The van der Waals surface area contributed by atoms with Crippen molar-refractivity contribution < 1.29 is 9.53 Å². The summed E-state index contributed by atoms with van der Waals surface area (Å²) in [5.74, 6) is 0.673. The summed E-state index contributed by atoms with van der Waals surface area (Å²) in [5, 5.41) is 3.53. The number of aryl methyl sites for hydroxylation is 2. The number of ether oxygens (including phenoxy) is 1. The second kappa shape index (κ2) is 5.89. The van der Waals surface area contributed by atoms with Gasteiger partial charge in [0, 0.05) is 10.7 Å². The van der Waals surface area contributed by atoms with Gasteiger partial charge in [-0.2, -0.15) is 0 Å². The summed E-state index contributed by atoms with van der Waals surface area (Å²) >= 11 is 6.04. The molecule has 22 heavy (non-hydrogen) atoms. The first kappa shape index (κ1) is 14.7. The summed E-state index contributed by atoms with van der Waals surface area (Å²) < 4.78 is 5.57. The number of nitrogens with zero attached hydrogens (tertiary/aromatic N) is 1. The van der Waals surface area contributed by atoms with E-state index < -0.39 is 0 Å². The van der Waals surface area contributed by atoms with Crippen LogP contribution < -0.4 is 15.0 Å². The lowest BCUT2D eigenvalue weighted by Gasteiger charge is -2.30. The van der Waals surface area contributed by atoms with Crippen LogP contribution >= 0.6 is 11.6 Å². The van der Waals surface area contributed by atoms with E-state index in [4.69, 9.17) is 16.3 Å². The molecule has 1 N–H and O–H groups in total. The number of nitrogens with one attached hydrogen (secondary N) is 1. The van der Waals surface area contributed by atoms with Crippen molar-refractivity contribution in [3.05, 3.63) is 52.5 Å². The molecule has 3 rings (SSSR count). The minimum atomic E-state index is -0.182. The van der Waals surface area contributed by atoms with Gasteiger partial charge in [-0.3, -0.25) is 4.90 Å². The van der Waals surface area contributed by atoms with E-state index >= 15 is 0 Å². The van der Waals surface area contributed by atoms with Gasteiger partial charge in [0.25, 0.3) is 0 Å². The molecule has 0 fully saturated rings. The standard InChI is InChI=1S/C17H17ClN2O2/c1-11-3-5-14(12(2)9-11)19-17(21)20-7-8-22-16-6-4-13(18)10-15(16)20/h3-6,9-10H,7-8H2,1-2H3,(H,19,21). The van der Waals surface area contributed by atoms with Crippen LogP contribution in [0.2, 0.25) is 5.02 Å². The summed E-state index contributed by atoms with van der Waals surface area (Å²) in [6, 6.07) is 11.0. The molecular formula is C17H17ClN2O2. The molecule has 114 valence electrons. The van der Waals surface area contributed by atoms with Crippen LogP contribution in [0.1, 0.15) is 11.1 Å². The third kappa shape index (κ3) is 2.88. The molecule has 0 saturated heterocycles. The van der Waals surface area contributed by atoms with Crippen molar-refractivity contribution >= 4 is 29.0 Å². The molecule has 0 aromatic heterocycles. The van der Waals surface area contributed by atoms with Crippen molar-refractivity contribution in [2.75, 3.05) is 23.4 Å². The van der Waals surface area contributed by atoms with E-state index in [0.29, 0.717) is 29.6 Å². The summed E-state index contributed by atoms with van der Waals surface area (Å²) in [6.45, 7) is 4.96. The number of carbonyl (C=O) groups excluding carboxylic acids is 1. The minimum Gasteiger partial charge on any atom is -0.490 e. The van der Waals surface area contributed by atoms with Gasteiger partial charge >= 0.3 is 6.03 Å². The van der Waals surface area contributed by atoms with E-state index in [-0.39, 0.29) is 6.03 Å². The van der Waals surface area contributed by atoms with Crippen molar-refractivity contribution in [2.45, 2.75) is 13.8 Å². The van der Waals surface area contributed by atoms with Gasteiger partial charge in [-0.25, -0.2) is 4.79 Å². The van der Waals surface area contributed by atoms with Crippen molar-refractivity contribution in [3.63, 3.8) is 0 Å². The predicted octanol–water partition coefficient (Wildman–Crippen LogP) is 4.39. The zero-order valence-corrected chi connectivity index (χ0v) is 13.3. The molecule has 2 amide bonds. The number of hydrogen-bond acceptors (Lipinski definition) is 2. The monoisotopic (exact) mass is 316 g/mol. The summed E-state index contributed by atoms with van der Waals surface area (Å²) in [4.78, 5) is 14.3. The molecule has 1 aliphatic heterocycles. The molecule has 0 saturated carbocycles. The number of benzene rings is 2. The SMILES string of the molecule is Cc1ccc(NC(=O)N2CCOc3ccc(Cl)cc32)c(C)c1. The molecule has 4 nitrogen and oxygen atoms in total. The highest BCUT2D eigenvalue weighted by Gasteiger charge is 2.24. The van der Waals surface area contributed by atoms with Crippen LogP contribution in [-0.2, 0) is 0 Å². The minimum absolute atomic E-state index is 0.182. The van der Waals surface area contributed by atoms with Gasteiger partial charge in [-0.1, -0.05) is 29.3 Å². The number of hydrogen-bond donors (Lipinski definition) is 1. The summed E-state index contributed by atoms with van der Waals surface area (Å²) in [7, 11) is 0. The number of anilines is 2. The number of amides is 2. The molecule has 0 unspecified atom stereocenters. The highest BCUT2D eigenvalue weighted by Crippen LogP contribution is 2.34. The smallest absolute Gasteiger partial charge is 0.326 e. The molecular weight excluding hydrogens is 300 g/mol. The molecule has 0 atom stereocenters. The number of urea groups is 1. The van der Waals surface area contributed by atoms with Gasteiger partial charge in [0.1, 0.15) is 12.4 Å². The normalized spacial score (nSPS) is 13.3. The van der Waals surface area contributed by atoms with E-state index in [9.17, 15) is 4.79 Å². The average Bonchev–Trinajstić information content (AvgIpc) is 2.49. The predicted molar refractivity (Wildman–Crippen MR) is 89.2 cm³/mol. The Morgan fingerprint density at radius 1 is 1.23 bits per heavy atom. The number of rotatable bonds is 1. The Morgan fingerprint density at radius 2 is 2.05 bits per heavy atom. The van der Waals surface area contributed by atoms with Gasteiger partial charge in [0.05, 0.1) is 12.2 Å². The third-order valence-electron chi connectivity index (χ3n) is 3.65. The van der Waals surface area contributed by atoms with Gasteiger partial charge in [-0.05, 0) is 43.7 Å². The van der Waals surface area contributed by atoms with Gasteiger partial charge < -0.3 is 10.1 Å². The fourth-order valence-corrected chi connectivity index (χ4v) is 2.70.